The van der Waals surface area contributed by atoms with Crippen LogP contribution in [0.3, 0.4) is 0 Å². The van der Waals surface area contributed by atoms with E-state index in [9.17, 15) is 14.4 Å². The highest BCUT2D eigenvalue weighted by molar-refractivity contribution is 6.75. The second kappa shape index (κ2) is 15.7. The van der Waals surface area contributed by atoms with Crippen LogP contribution in [0.2, 0.25) is 36.3 Å². The quantitative estimate of drug-likeness (QED) is 0.0620. The molecule has 2 aromatic carbocycles. The molecule has 0 saturated carbocycles. The molecule has 2 rings (SSSR count). The molecule has 0 radical (unpaired) electrons. The number of unbranched alkanes of at least 4 members (excludes halogenated alkanes) is 2. The maximum Gasteiger partial charge on any atom is 0.346 e. The van der Waals surface area contributed by atoms with E-state index in [1.807, 2.05) is 30.3 Å². The average Bonchev–Trinajstić information content (AvgIpc) is 2.90. The van der Waals surface area contributed by atoms with Crippen LogP contribution in [0.15, 0.2) is 36.4 Å². The predicted molar refractivity (Wildman–Crippen MR) is 186 cm³/mol. The molecule has 0 aliphatic heterocycles. The summed E-state index contributed by atoms with van der Waals surface area (Å²) in [5.74, 6) is -1.24. The molecular formula is C36H56O7Si2. The minimum Gasteiger partial charge on any atom is -0.543 e. The third-order valence-corrected chi connectivity index (χ3v) is 18.0. The van der Waals surface area contributed by atoms with Gasteiger partial charge in [-0.1, -0.05) is 98.1 Å². The monoisotopic (exact) mass is 656 g/mol. The van der Waals surface area contributed by atoms with Gasteiger partial charge in [0.15, 0.2) is 20.4 Å². The third-order valence-electron chi connectivity index (χ3n) is 9.17. The van der Waals surface area contributed by atoms with Gasteiger partial charge in [0.25, 0.3) is 8.32 Å². The number of hydrogen-bond donors (Lipinski definition) is 0. The highest BCUT2D eigenvalue weighted by Gasteiger charge is 2.42. The average molecular weight is 657 g/mol. The molecule has 9 heteroatoms. The lowest BCUT2D eigenvalue weighted by Gasteiger charge is -2.40. The number of aldehydes is 1. The Bertz CT molecular complexity index is 1310. The summed E-state index contributed by atoms with van der Waals surface area (Å²) in [5, 5.41) is -0.202. The second-order valence-corrected chi connectivity index (χ2v) is 24.5. The lowest BCUT2D eigenvalue weighted by atomic mass is 9.95. The second-order valence-electron chi connectivity index (χ2n) is 15.0. The van der Waals surface area contributed by atoms with Crippen molar-refractivity contribution in [1.29, 1.82) is 0 Å². The molecule has 2 aromatic rings. The molecule has 1 atom stereocenters. The first-order valence-electron chi connectivity index (χ1n) is 16.2. The summed E-state index contributed by atoms with van der Waals surface area (Å²) in [6, 6.07) is 11.1. The molecule has 0 unspecified atom stereocenters. The van der Waals surface area contributed by atoms with Crippen LogP contribution in [0.5, 0.6) is 11.5 Å². The SMILES string of the molecule is CCCCC[C@H](Cc1cc(O[Si](C)(C)C(C)(C)C)c(C(=O)OCc2ccccc2)c(OC(C)=O)c1C=O)O[Si](C)(C)C(C)(C)C. The number of esters is 2. The standard InChI is InChI=1S/C36H56O7Si2/c1-13-14-16-21-29(42-44(9,10)35(3,4)5)22-28-23-31(43-45(11,12)36(6,7)8)32(33(30(28)24-37)41-26(2)38)34(39)40-25-27-19-17-15-18-20-27/h15,17-20,23-24,29H,13-14,16,21-22,25H2,1-12H3/t29-/m1/s1. The Morgan fingerprint density at radius 2 is 1.51 bits per heavy atom. The molecule has 0 N–H and O–H groups in total. The van der Waals surface area contributed by atoms with Gasteiger partial charge in [-0.3, -0.25) is 9.59 Å². The van der Waals surface area contributed by atoms with Crippen LogP contribution in [0.25, 0.3) is 0 Å². The molecule has 250 valence electrons. The van der Waals surface area contributed by atoms with Crippen LogP contribution in [-0.4, -0.2) is 41.0 Å². The zero-order valence-corrected chi connectivity index (χ0v) is 31.7. The molecule has 0 bridgehead atoms. The number of ether oxygens (including phenoxy) is 2. The first-order chi connectivity index (χ1) is 20.7. The highest BCUT2D eigenvalue weighted by atomic mass is 28.4. The maximum atomic E-state index is 13.8. The Hall–Kier alpha value is -2.76. The van der Waals surface area contributed by atoms with Gasteiger partial charge in [-0.05, 0) is 66.3 Å². The van der Waals surface area contributed by atoms with E-state index >= 15 is 0 Å². The molecule has 0 amide bonds. The number of carbonyl (C=O) groups is 3. The maximum absolute atomic E-state index is 13.8. The van der Waals surface area contributed by atoms with Gasteiger partial charge >= 0.3 is 11.9 Å². The molecule has 0 aliphatic rings. The predicted octanol–water partition coefficient (Wildman–Crippen LogP) is 9.68. The minimum atomic E-state index is -2.51. The number of benzene rings is 2. The fraction of sp³-hybridized carbons (Fsp3) is 0.583. The van der Waals surface area contributed by atoms with Gasteiger partial charge in [0, 0.05) is 13.0 Å². The Balaban J connectivity index is 2.78. The Kier molecular flexibility index (Phi) is 13.4. The molecule has 0 saturated heterocycles. The summed E-state index contributed by atoms with van der Waals surface area (Å²) < 4.78 is 25.1. The van der Waals surface area contributed by atoms with Crippen molar-refractivity contribution >= 4 is 34.9 Å². The van der Waals surface area contributed by atoms with Crippen LogP contribution in [-0.2, 0) is 27.0 Å². The van der Waals surface area contributed by atoms with E-state index in [1.54, 1.807) is 6.07 Å². The van der Waals surface area contributed by atoms with Crippen molar-refractivity contribution in [3.05, 3.63) is 58.7 Å². The normalized spacial score (nSPS) is 13.2. The minimum absolute atomic E-state index is 0.00459. The summed E-state index contributed by atoms with van der Waals surface area (Å²) in [5.41, 5.74) is 1.51. The van der Waals surface area contributed by atoms with E-state index in [0.717, 1.165) is 31.2 Å². The topological polar surface area (TPSA) is 88.1 Å². The first-order valence-corrected chi connectivity index (χ1v) is 22.0. The van der Waals surface area contributed by atoms with Gasteiger partial charge < -0.3 is 18.3 Å². The summed E-state index contributed by atoms with van der Waals surface area (Å²) in [6.07, 6.45) is 4.86. The molecule has 0 fully saturated rings. The lowest BCUT2D eigenvalue weighted by molar-refractivity contribution is -0.131. The smallest absolute Gasteiger partial charge is 0.346 e. The van der Waals surface area contributed by atoms with Gasteiger partial charge in [0.1, 0.15) is 17.9 Å². The van der Waals surface area contributed by atoms with Crippen LogP contribution < -0.4 is 9.16 Å². The molecule has 7 nitrogen and oxygen atoms in total. The lowest BCUT2D eigenvalue weighted by Crippen LogP contribution is -2.45. The van der Waals surface area contributed by atoms with E-state index in [4.69, 9.17) is 18.3 Å². The van der Waals surface area contributed by atoms with Gasteiger partial charge in [-0.2, -0.15) is 0 Å². The van der Waals surface area contributed by atoms with E-state index < -0.39 is 28.6 Å². The van der Waals surface area contributed by atoms with Crippen molar-refractivity contribution in [2.24, 2.45) is 0 Å². The summed E-state index contributed by atoms with van der Waals surface area (Å²) in [4.78, 5) is 39.1. The van der Waals surface area contributed by atoms with Crippen LogP contribution in [0, 0.1) is 0 Å². The third kappa shape index (κ3) is 10.6. The largest absolute Gasteiger partial charge is 0.543 e. The van der Waals surface area contributed by atoms with E-state index in [0.29, 0.717) is 18.3 Å². The molecule has 0 heterocycles. The Morgan fingerprint density at radius 1 is 0.911 bits per heavy atom. The number of hydrogen-bond acceptors (Lipinski definition) is 7. The Labute approximate surface area is 273 Å². The van der Waals surface area contributed by atoms with Gasteiger partial charge in [-0.25, -0.2) is 4.79 Å². The first kappa shape index (κ1) is 38.4. The molecular weight excluding hydrogens is 601 g/mol. The van der Waals surface area contributed by atoms with Crippen LogP contribution >= 0.6 is 0 Å². The fourth-order valence-electron chi connectivity index (χ4n) is 4.41. The fourth-order valence-corrected chi connectivity index (χ4v) is 6.81. The van der Waals surface area contributed by atoms with Crippen molar-refractivity contribution < 1.29 is 32.7 Å². The van der Waals surface area contributed by atoms with Crippen molar-refractivity contribution in [3.63, 3.8) is 0 Å². The summed E-state index contributed by atoms with van der Waals surface area (Å²) in [7, 11) is -4.68. The van der Waals surface area contributed by atoms with Crippen LogP contribution in [0.4, 0.5) is 0 Å². The summed E-state index contributed by atoms with van der Waals surface area (Å²) >= 11 is 0. The summed E-state index contributed by atoms with van der Waals surface area (Å²) in [6.45, 7) is 25.0. The van der Waals surface area contributed by atoms with Gasteiger partial charge in [0.2, 0.25) is 0 Å². The zero-order valence-electron chi connectivity index (χ0n) is 29.7. The number of rotatable bonds is 15. The molecule has 0 aromatic heterocycles. The van der Waals surface area contributed by atoms with E-state index in [2.05, 4.69) is 74.7 Å². The molecule has 0 spiro atoms. The van der Waals surface area contributed by atoms with Gasteiger partial charge in [-0.15, -0.1) is 0 Å². The van der Waals surface area contributed by atoms with Crippen molar-refractivity contribution in [2.45, 2.75) is 136 Å². The van der Waals surface area contributed by atoms with Crippen molar-refractivity contribution in [1.82, 2.24) is 0 Å². The van der Waals surface area contributed by atoms with E-state index in [-0.39, 0.29) is 45.4 Å². The Morgan fingerprint density at radius 3 is 2.02 bits per heavy atom. The van der Waals surface area contributed by atoms with Crippen molar-refractivity contribution in [3.8, 4) is 11.5 Å². The molecule has 0 aliphatic carbocycles. The van der Waals surface area contributed by atoms with Crippen molar-refractivity contribution in [2.75, 3.05) is 0 Å². The number of carbonyl (C=O) groups excluding carboxylic acids is 3. The van der Waals surface area contributed by atoms with Gasteiger partial charge in [0.05, 0.1) is 5.56 Å². The zero-order chi connectivity index (χ0) is 34.2. The van der Waals surface area contributed by atoms with E-state index in [1.165, 1.54) is 6.92 Å². The van der Waals surface area contributed by atoms with Crippen LogP contribution in [0.1, 0.15) is 113 Å². The highest BCUT2D eigenvalue weighted by Crippen LogP contribution is 2.43. The molecule has 45 heavy (non-hydrogen) atoms.